The van der Waals surface area contributed by atoms with Crippen LogP contribution in [0, 0.1) is 0 Å². The Balaban J connectivity index is 1.63. The van der Waals surface area contributed by atoms with E-state index in [2.05, 4.69) is 60.2 Å². The van der Waals surface area contributed by atoms with Gasteiger partial charge in [0.15, 0.2) is 0 Å². The maximum atomic E-state index is 12.3. The molecule has 0 unspecified atom stereocenters. The third-order valence-corrected chi connectivity index (χ3v) is 5.50. The van der Waals surface area contributed by atoms with Crippen LogP contribution in [-0.2, 0) is 11.3 Å². The molecule has 0 fully saturated rings. The van der Waals surface area contributed by atoms with Gasteiger partial charge in [-0.25, -0.2) is 0 Å². The van der Waals surface area contributed by atoms with Crippen molar-refractivity contribution in [3.05, 3.63) is 93.7 Å². The number of amides is 1. The Hall–Kier alpha value is -2.43. The fourth-order valence-corrected chi connectivity index (χ4v) is 3.79. The van der Waals surface area contributed by atoms with Crippen LogP contribution in [0.15, 0.2) is 72.1 Å². The van der Waals surface area contributed by atoms with Crippen LogP contribution in [0.4, 0.5) is 0 Å². The zero-order valence-electron chi connectivity index (χ0n) is 15.8. The highest BCUT2D eigenvalue weighted by Gasteiger charge is 2.16. The van der Waals surface area contributed by atoms with Crippen molar-refractivity contribution in [1.82, 2.24) is 10.6 Å². The highest BCUT2D eigenvalue weighted by molar-refractivity contribution is 7.10. The number of thiophene rings is 1. The van der Waals surface area contributed by atoms with Crippen molar-refractivity contribution in [3.8, 4) is 0 Å². The van der Waals surface area contributed by atoms with E-state index in [9.17, 15) is 4.79 Å². The van der Waals surface area contributed by atoms with E-state index in [0.717, 1.165) is 5.56 Å². The SMILES string of the molecule is CC(C)c1ccc([C@H](NCC(=O)NCc2ccccc2)c2cccs2)cc1. The lowest BCUT2D eigenvalue weighted by atomic mass is 9.98. The van der Waals surface area contributed by atoms with E-state index >= 15 is 0 Å². The van der Waals surface area contributed by atoms with Gasteiger partial charge in [-0.2, -0.15) is 0 Å². The lowest BCUT2D eigenvalue weighted by Gasteiger charge is -2.19. The van der Waals surface area contributed by atoms with Crippen molar-refractivity contribution < 1.29 is 4.79 Å². The second-order valence-corrected chi connectivity index (χ2v) is 7.89. The number of carbonyl (C=O) groups is 1. The maximum absolute atomic E-state index is 12.3. The molecule has 0 saturated carbocycles. The molecule has 0 radical (unpaired) electrons. The molecule has 0 aliphatic carbocycles. The molecule has 4 heteroatoms. The minimum absolute atomic E-state index is 0.000732. The summed E-state index contributed by atoms with van der Waals surface area (Å²) in [7, 11) is 0. The Morgan fingerprint density at radius 1 is 0.926 bits per heavy atom. The minimum Gasteiger partial charge on any atom is -0.351 e. The average molecular weight is 379 g/mol. The zero-order chi connectivity index (χ0) is 19.1. The minimum atomic E-state index is -0.000732. The molecule has 3 aromatic rings. The number of hydrogen-bond donors (Lipinski definition) is 2. The van der Waals surface area contributed by atoms with Crippen molar-refractivity contribution in [3.63, 3.8) is 0 Å². The van der Waals surface area contributed by atoms with Gasteiger partial charge in [-0.05, 0) is 34.1 Å². The molecule has 0 saturated heterocycles. The van der Waals surface area contributed by atoms with Crippen molar-refractivity contribution in [2.24, 2.45) is 0 Å². The molecule has 0 spiro atoms. The van der Waals surface area contributed by atoms with Crippen LogP contribution in [0.1, 0.15) is 47.4 Å². The fourth-order valence-electron chi connectivity index (χ4n) is 2.97. The smallest absolute Gasteiger partial charge is 0.234 e. The van der Waals surface area contributed by atoms with E-state index in [0.29, 0.717) is 12.5 Å². The van der Waals surface area contributed by atoms with E-state index < -0.39 is 0 Å². The third kappa shape index (κ3) is 5.52. The molecule has 140 valence electrons. The van der Waals surface area contributed by atoms with E-state index in [-0.39, 0.29) is 18.5 Å². The van der Waals surface area contributed by atoms with Crippen molar-refractivity contribution in [1.29, 1.82) is 0 Å². The summed E-state index contributed by atoms with van der Waals surface area (Å²) in [4.78, 5) is 13.5. The van der Waals surface area contributed by atoms with Crippen molar-refractivity contribution in [2.75, 3.05) is 6.54 Å². The normalized spacial score (nSPS) is 12.1. The summed E-state index contributed by atoms with van der Waals surface area (Å²) in [6, 6.07) is 22.8. The monoisotopic (exact) mass is 378 g/mol. The first kappa shape index (κ1) is 19.3. The van der Waals surface area contributed by atoms with Gasteiger partial charge in [0.25, 0.3) is 0 Å². The molecule has 2 N–H and O–H groups in total. The molecule has 2 aromatic carbocycles. The summed E-state index contributed by atoms with van der Waals surface area (Å²) in [6.07, 6.45) is 0. The van der Waals surface area contributed by atoms with Gasteiger partial charge in [0, 0.05) is 11.4 Å². The Morgan fingerprint density at radius 3 is 2.26 bits per heavy atom. The molecule has 0 bridgehead atoms. The number of nitrogens with one attached hydrogen (secondary N) is 2. The van der Waals surface area contributed by atoms with Gasteiger partial charge in [-0.1, -0.05) is 74.5 Å². The summed E-state index contributed by atoms with van der Waals surface area (Å²) in [5.74, 6) is 0.509. The standard InChI is InChI=1S/C23H26N2OS/c1-17(2)19-10-12-20(13-11-19)23(21-9-6-14-27-21)25-16-22(26)24-15-18-7-4-3-5-8-18/h3-14,17,23,25H,15-16H2,1-2H3,(H,24,26)/t23-/m0/s1. The third-order valence-electron chi connectivity index (χ3n) is 4.56. The molecule has 1 amide bonds. The number of hydrogen-bond acceptors (Lipinski definition) is 3. The molecular weight excluding hydrogens is 352 g/mol. The first-order chi connectivity index (χ1) is 13.1. The Kier molecular flexibility index (Phi) is 6.80. The fraction of sp³-hybridized carbons (Fsp3) is 0.261. The molecule has 1 heterocycles. The molecule has 0 aliphatic rings. The van der Waals surface area contributed by atoms with Gasteiger partial charge in [0.2, 0.25) is 5.91 Å². The maximum Gasteiger partial charge on any atom is 0.234 e. The molecule has 1 aromatic heterocycles. The number of carbonyl (C=O) groups excluding carboxylic acids is 1. The van der Waals surface area contributed by atoms with Gasteiger partial charge >= 0.3 is 0 Å². The van der Waals surface area contributed by atoms with Crippen molar-refractivity contribution in [2.45, 2.75) is 32.4 Å². The van der Waals surface area contributed by atoms with Crippen LogP contribution in [0.2, 0.25) is 0 Å². The molecule has 27 heavy (non-hydrogen) atoms. The molecule has 0 aliphatic heterocycles. The Labute approximate surface area is 165 Å². The largest absolute Gasteiger partial charge is 0.351 e. The van der Waals surface area contributed by atoms with Gasteiger partial charge in [0.1, 0.15) is 0 Å². The number of benzene rings is 2. The van der Waals surface area contributed by atoms with E-state index in [1.54, 1.807) is 11.3 Å². The van der Waals surface area contributed by atoms with Gasteiger partial charge in [-0.3, -0.25) is 10.1 Å². The van der Waals surface area contributed by atoms with Crippen LogP contribution < -0.4 is 10.6 Å². The average Bonchev–Trinajstić information content (AvgIpc) is 3.22. The topological polar surface area (TPSA) is 41.1 Å². The predicted octanol–water partition coefficient (Wildman–Crippen LogP) is 4.87. The molecule has 1 atom stereocenters. The molecule has 3 nitrogen and oxygen atoms in total. The van der Waals surface area contributed by atoms with Crippen molar-refractivity contribution >= 4 is 17.2 Å². The summed E-state index contributed by atoms with van der Waals surface area (Å²) < 4.78 is 0. The molecular formula is C23H26N2OS. The van der Waals surface area contributed by atoms with Gasteiger partial charge in [-0.15, -0.1) is 11.3 Å². The lowest BCUT2D eigenvalue weighted by molar-refractivity contribution is -0.120. The summed E-state index contributed by atoms with van der Waals surface area (Å²) in [5, 5.41) is 8.47. The second kappa shape index (κ2) is 9.49. The van der Waals surface area contributed by atoms with Crippen LogP contribution in [0.25, 0.3) is 0 Å². The predicted molar refractivity (Wildman–Crippen MR) is 113 cm³/mol. The van der Waals surface area contributed by atoms with Crippen LogP contribution in [-0.4, -0.2) is 12.5 Å². The summed E-state index contributed by atoms with van der Waals surface area (Å²) in [5.41, 5.74) is 3.60. The number of rotatable bonds is 8. The van der Waals surface area contributed by atoms with E-state index in [1.807, 2.05) is 36.4 Å². The zero-order valence-corrected chi connectivity index (χ0v) is 16.6. The van der Waals surface area contributed by atoms with Crippen LogP contribution >= 0.6 is 11.3 Å². The first-order valence-electron chi connectivity index (χ1n) is 9.30. The summed E-state index contributed by atoms with van der Waals surface area (Å²) >= 11 is 1.70. The highest BCUT2D eigenvalue weighted by atomic mass is 32.1. The first-order valence-corrected chi connectivity index (χ1v) is 10.2. The lowest BCUT2D eigenvalue weighted by Crippen LogP contribution is -2.35. The van der Waals surface area contributed by atoms with E-state index in [4.69, 9.17) is 0 Å². The quantitative estimate of drug-likeness (QED) is 0.587. The van der Waals surface area contributed by atoms with Gasteiger partial charge in [0.05, 0.1) is 12.6 Å². The summed E-state index contributed by atoms with van der Waals surface area (Å²) in [6.45, 7) is 5.22. The second-order valence-electron chi connectivity index (χ2n) is 6.91. The Bertz CT molecular complexity index is 827. The van der Waals surface area contributed by atoms with Crippen LogP contribution in [0.3, 0.4) is 0 Å². The van der Waals surface area contributed by atoms with Gasteiger partial charge < -0.3 is 5.32 Å². The van der Waals surface area contributed by atoms with E-state index in [1.165, 1.54) is 16.0 Å². The molecule has 3 rings (SSSR count). The van der Waals surface area contributed by atoms with Crippen LogP contribution in [0.5, 0.6) is 0 Å². The highest BCUT2D eigenvalue weighted by Crippen LogP contribution is 2.27. The Morgan fingerprint density at radius 2 is 1.63 bits per heavy atom.